The van der Waals surface area contributed by atoms with Crippen molar-refractivity contribution in [2.24, 2.45) is 0 Å². The van der Waals surface area contributed by atoms with Crippen LogP contribution in [-0.2, 0) is 0 Å². The molecule has 0 aliphatic heterocycles. The fourth-order valence-electron chi connectivity index (χ4n) is 6.26. The van der Waals surface area contributed by atoms with Gasteiger partial charge in [-0.25, -0.2) is 0 Å². The van der Waals surface area contributed by atoms with Crippen LogP contribution in [0.3, 0.4) is 0 Å². The molecule has 1 aromatic heterocycles. The maximum absolute atomic E-state index is 12.0. The largest absolute Gasteiger partial charge is 0.508 e. The minimum absolute atomic E-state index is 0.000850. The van der Waals surface area contributed by atoms with Gasteiger partial charge in [-0.15, -0.1) is 0 Å². The molecular weight excluding hydrogens is 576 g/mol. The fourth-order valence-corrected chi connectivity index (χ4v) is 6.26. The van der Waals surface area contributed by atoms with Crippen molar-refractivity contribution < 1.29 is 33.8 Å². The minimum Gasteiger partial charge on any atom is -0.508 e. The van der Waals surface area contributed by atoms with E-state index in [2.05, 4.69) is 0 Å². The Morgan fingerprint density at radius 3 is 1.68 bits per heavy atom. The summed E-state index contributed by atoms with van der Waals surface area (Å²) in [4.78, 5) is 0. The number of phenols is 2. The Hall–Kier alpha value is -6.32. The highest BCUT2D eigenvalue weighted by Gasteiger charge is 2.21. The summed E-state index contributed by atoms with van der Waals surface area (Å²) in [5.74, 6) is -1.78. The van der Waals surface area contributed by atoms with Crippen LogP contribution in [0.5, 0.6) is 11.5 Å². The molecule has 0 unspecified atom stereocenters. The molecular formula is C44H28O3. The van der Waals surface area contributed by atoms with Gasteiger partial charge in [0, 0.05) is 10.9 Å². The molecule has 0 aliphatic carbocycles. The molecule has 0 spiro atoms. The smallest absolute Gasteiger partial charge is 0.139 e. The van der Waals surface area contributed by atoms with Crippen molar-refractivity contribution in [1.82, 2.24) is 0 Å². The number of phenolic OH excluding ortho intramolecular Hbond substituents is 2. The normalized spacial score (nSPS) is 15.7. The predicted octanol–water partition coefficient (Wildman–Crippen LogP) is 12.0. The lowest BCUT2D eigenvalue weighted by Gasteiger charge is -2.19. The van der Waals surface area contributed by atoms with Crippen molar-refractivity contribution in [3.8, 4) is 56.0 Å². The van der Waals surface area contributed by atoms with E-state index in [1.807, 2.05) is 12.1 Å². The van der Waals surface area contributed by atoms with Crippen molar-refractivity contribution in [3.05, 3.63) is 157 Å². The molecule has 9 aromatic rings. The van der Waals surface area contributed by atoms with Gasteiger partial charge in [-0.05, 0) is 96.7 Å². The molecule has 0 amide bonds. The minimum atomic E-state index is -0.950. The van der Waals surface area contributed by atoms with Gasteiger partial charge in [0.2, 0.25) is 0 Å². The van der Waals surface area contributed by atoms with Crippen LogP contribution in [0.25, 0.3) is 88.0 Å². The zero-order chi connectivity index (χ0) is 43.7. The standard InChI is InChI=1S/C44H28O3/c45-30-21-18-28(19-22-30)32-23-25-40-43(44(32)46)38-26-29(20-24-39(38)47-40)41-34-14-6-8-16-36(34)42(37-17-9-7-15-35(37)41)33-13-5-4-12-31(33)27-10-2-1-3-11-27/h1-26,45-46H/i1D,2D,3D,10D,11D,18D,19D,20D,21D,22D,23D,24D,25D,26D. The third-order valence-corrected chi connectivity index (χ3v) is 8.24. The molecule has 0 saturated carbocycles. The van der Waals surface area contributed by atoms with Crippen LogP contribution in [0.2, 0.25) is 0 Å². The highest BCUT2D eigenvalue weighted by atomic mass is 16.3. The SMILES string of the molecule is [2H]c1c([2H])c([2H])c(-c2ccccc2-c2c3ccccc3c(-c3c([2H])c([2H])c4oc5c([2H])c([2H])c(-c6c([2H])c([2H])c(O)c([2H])c6[2H])c(O)c5c4c3[2H])c3ccccc23)c([2H])c1[2H]. The van der Waals surface area contributed by atoms with Crippen LogP contribution in [0.4, 0.5) is 0 Å². The van der Waals surface area contributed by atoms with Crippen LogP contribution in [0, 0.1) is 0 Å². The molecule has 1 heterocycles. The van der Waals surface area contributed by atoms with E-state index in [4.69, 9.17) is 19.5 Å². The van der Waals surface area contributed by atoms with E-state index in [0.717, 1.165) is 0 Å². The van der Waals surface area contributed by atoms with Crippen LogP contribution in [-0.4, -0.2) is 10.2 Å². The van der Waals surface area contributed by atoms with Gasteiger partial charge in [0.1, 0.15) is 22.7 Å². The van der Waals surface area contributed by atoms with Gasteiger partial charge in [-0.3, -0.25) is 0 Å². The molecule has 0 aliphatic rings. The maximum atomic E-state index is 12.0. The first-order chi connectivity index (χ1) is 29.0. The topological polar surface area (TPSA) is 53.6 Å². The van der Waals surface area contributed by atoms with E-state index in [1.165, 1.54) is 0 Å². The third kappa shape index (κ3) is 4.28. The van der Waals surface area contributed by atoms with Crippen molar-refractivity contribution >= 4 is 43.5 Å². The summed E-state index contributed by atoms with van der Waals surface area (Å²) in [5.41, 5.74) is -0.124. The molecule has 9 rings (SSSR count). The molecule has 0 atom stereocenters. The molecule has 47 heavy (non-hydrogen) atoms. The number of rotatable bonds is 4. The molecule has 222 valence electrons. The molecule has 2 N–H and O–H groups in total. The Labute approximate surface area is 290 Å². The number of hydrogen-bond acceptors (Lipinski definition) is 3. The average molecular weight is 619 g/mol. The molecule has 8 aromatic carbocycles. The van der Waals surface area contributed by atoms with Crippen molar-refractivity contribution in [3.63, 3.8) is 0 Å². The molecule has 3 nitrogen and oxygen atoms in total. The first-order valence-corrected chi connectivity index (χ1v) is 14.6. The summed E-state index contributed by atoms with van der Waals surface area (Å²) in [6.07, 6.45) is 0. The van der Waals surface area contributed by atoms with Crippen LogP contribution in [0.1, 0.15) is 19.2 Å². The first kappa shape index (κ1) is 16.3. The van der Waals surface area contributed by atoms with Gasteiger partial charge in [0.05, 0.1) is 24.6 Å². The second kappa shape index (κ2) is 10.6. The van der Waals surface area contributed by atoms with Gasteiger partial charge < -0.3 is 14.6 Å². The van der Waals surface area contributed by atoms with Crippen molar-refractivity contribution in [1.29, 1.82) is 0 Å². The van der Waals surface area contributed by atoms with Gasteiger partial charge in [0.25, 0.3) is 0 Å². The van der Waals surface area contributed by atoms with Crippen molar-refractivity contribution in [2.75, 3.05) is 0 Å². The second-order valence-electron chi connectivity index (χ2n) is 10.8. The molecule has 0 saturated heterocycles. The maximum Gasteiger partial charge on any atom is 0.139 e. The van der Waals surface area contributed by atoms with Crippen molar-refractivity contribution in [2.45, 2.75) is 0 Å². The lowest BCUT2D eigenvalue weighted by Crippen LogP contribution is -1.92. The Morgan fingerprint density at radius 2 is 1.00 bits per heavy atom. The molecule has 0 radical (unpaired) electrons. The van der Waals surface area contributed by atoms with E-state index >= 15 is 0 Å². The molecule has 3 heteroatoms. The van der Waals surface area contributed by atoms with Crippen LogP contribution < -0.4 is 0 Å². The van der Waals surface area contributed by atoms with E-state index in [-0.39, 0.29) is 39.6 Å². The summed E-state index contributed by atoms with van der Waals surface area (Å²) in [7, 11) is 0. The number of fused-ring (bicyclic) bond motifs is 5. The predicted molar refractivity (Wildman–Crippen MR) is 194 cm³/mol. The fraction of sp³-hybridized carbons (Fsp3) is 0. The first-order valence-electron chi connectivity index (χ1n) is 21.6. The van der Waals surface area contributed by atoms with E-state index in [9.17, 15) is 14.3 Å². The van der Waals surface area contributed by atoms with E-state index < -0.39 is 101 Å². The van der Waals surface area contributed by atoms with Gasteiger partial charge in [-0.2, -0.15) is 0 Å². The Morgan fingerprint density at radius 1 is 0.447 bits per heavy atom. The Balaban J connectivity index is 1.42. The number of furan rings is 1. The Kier molecular flexibility index (Phi) is 3.69. The number of hydrogen-bond donors (Lipinski definition) is 2. The summed E-state index contributed by atoms with van der Waals surface area (Å²) in [5, 5.41) is 23.9. The zero-order valence-electron chi connectivity index (χ0n) is 38.2. The highest BCUT2D eigenvalue weighted by molar-refractivity contribution is 6.23. The van der Waals surface area contributed by atoms with Crippen LogP contribution in [0.15, 0.2) is 162 Å². The summed E-state index contributed by atoms with van der Waals surface area (Å²) in [6, 6.07) is 12.9. The van der Waals surface area contributed by atoms with E-state index in [1.54, 1.807) is 60.7 Å². The van der Waals surface area contributed by atoms with Crippen LogP contribution >= 0.6 is 0 Å². The zero-order valence-corrected chi connectivity index (χ0v) is 24.2. The third-order valence-electron chi connectivity index (χ3n) is 8.24. The Bertz CT molecular complexity index is 3340. The quantitative estimate of drug-likeness (QED) is 0.193. The summed E-state index contributed by atoms with van der Waals surface area (Å²) < 4.78 is 128. The highest BCUT2D eigenvalue weighted by Crippen LogP contribution is 2.48. The summed E-state index contributed by atoms with van der Waals surface area (Å²) in [6.45, 7) is 0. The summed E-state index contributed by atoms with van der Waals surface area (Å²) >= 11 is 0. The number of benzene rings is 8. The second-order valence-corrected chi connectivity index (χ2v) is 10.8. The van der Waals surface area contributed by atoms with Gasteiger partial charge in [-0.1, -0.05) is 121 Å². The lowest BCUT2D eigenvalue weighted by atomic mass is 9.83. The lowest BCUT2D eigenvalue weighted by molar-refractivity contribution is 0.475. The van der Waals surface area contributed by atoms with Gasteiger partial charge >= 0.3 is 0 Å². The number of aromatic hydroxyl groups is 2. The average Bonchev–Trinajstić information content (AvgIpc) is 3.68. The monoisotopic (exact) mass is 618 g/mol. The van der Waals surface area contributed by atoms with Gasteiger partial charge in [0.15, 0.2) is 0 Å². The molecule has 0 bridgehead atoms. The van der Waals surface area contributed by atoms with E-state index in [0.29, 0.717) is 43.8 Å². The molecule has 0 fully saturated rings.